The van der Waals surface area contributed by atoms with Crippen molar-refractivity contribution in [1.29, 1.82) is 5.26 Å². The summed E-state index contributed by atoms with van der Waals surface area (Å²) in [6, 6.07) is 11.4. The van der Waals surface area contributed by atoms with Gasteiger partial charge in [-0.3, -0.25) is 0 Å². The first-order valence-electron chi connectivity index (χ1n) is 3.84. The molecule has 0 aliphatic rings. The third-order valence-electron chi connectivity index (χ3n) is 1.69. The van der Waals surface area contributed by atoms with Crippen LogP contribution in [0.5, 0.6) is 0 Å². The third kappa shape index (κ3) is 2.51. The van der Waals surface area contributed by atoms with Crippen molar-refractivity contribution in [3.63, 3.8) is 0 Å². The first kappa shape index (κ1) is 9.11. The summed E-state index contributed by atoms with van der Waals surface area (Å²) < 4.78 is 0. The Kier molecular flexibility index (Phi) is 3.37. The van der Waals surface area contributed by atoms with Crippen LogP contribution in [0.3, 0.4) is 0 Å². The molecule has 1 atom stereocenters. The zero-order valence-electron chi connectivity index (χ0n) is 6.96. The van der Waals surface area contributed by atoms with E-state index >= 15 is 0 Å². The number of nitriles is 1. The maximum Gasteiger partial charge on any atom is 0.0768 e. The van der Waals surface area contributed by atoms with E-state index in [1.165, 1.54) is 0 Å². The maximum absolute atomic E-state index is 8.77. The minimum atomic E-state index is -0.336. The molecule has 0 aliphatic carbocycles. The molecular weight excluding hydrogens is 164 g/mol. The van der Waals surface area contributed by atoms with Gasteiger partial charge in [0.1, 0.15) is 0 Å². The van der Waals surface area contributed by atoms with Gasteiger partial charge in [0.05, 0.1) is 12.0 Å². The maximum atomic E-state index is 8.77. The van der Waals surface area contributed by atoms with Crippen molar-refractivity contribution in [3.05, 3.63) is 46.3 Å². The third-order valence-corrected chi connectivity index (χ3v) is 1.69. The average Bonchev–Trinajstić information content (AvgIpc) is 2.21. The molecule has 0 bridgehead atoms. The molecule has 1 aromatic carbocycles. The average molecular weight is 172 g/mol. The summed E-state index contributed by atoms with van der Waals surface area (Å²) in [5, 5.41) is 12.2. The van der Waals surface area contributed by atoms with Gasteiger partial charge in [0, 0.05) is 11.5 Å². The van der Waals surface area contributed by atoms with Crippen LogP contribution in [-0.2, 0) is 0 Å². The minimum absolute atomic E-state index is 0.191. The Bertz CT molecular complexity index is 346. The van der Waals surface area contributed by atoms with Crippen LogP contribution < -0.4 is 0 Å². The fourth-order valence-corrected chi connectivity index (χ4v) is 1.02. The van der Waals surface area contributed by atoms with Crippen LogP contribution in [0, 0.1) is 11.3 Å². The van der Waals surface area contributed by atoms with Gasteiger partial charge in [-0.05, 0) is 11.1 Å². The van der Waals surface area contributed by atoms with Crippen LogP contribution in [0.25, 0.3) is 10.4 Å². The molecule has 0 saturated carbocycles. The van der Waals surface area contributed by atoms with Crippen molar-refractivity contribution in [2.24, 2.45) is 5.11 Å². The van der Waals surface area contributed by atoms with Gasteiger partial charge in [0.25, 0.3) is 0 Å². The summed E-state index contributed by atoms with van der Waals surface area (Å²) in [7, 11) is 0. The van der Waals surface area contributed by atoms with Crippen molar-refractivity contribution < 1.29 is 0 Å². The summed E-state index contributed by atoms with van der Waals surface area (Å²) in [6.07, 6.45) is 0. The normalized spacial score (nSPS) is 11.0. The summed E-state index contributed by atoms with van der Waals surface area (Å²) in [5.41, 5.74) is 8.99. The first-order valence-corrected chi connectivity index (χ1v) is 3.84. The van der Waals surface area contributed by atoms with Gasteiger partial charge in [0.2, 0.25) is 0 Å². The Morgan fingerprint density at radius 2 is 2.15 bits per heavy atom. The molecule has 0 heterocycles. The highest BCUT2D eigenvalue weighted by atomic mass is 15.1. The number of nitrogens with zero attached hydrogens (tertiary/aromatic N) is 4. The van der Waals surface area contributed by atoms with Gasteiger partial charge in [-0.25, -0.2) is 0 Å². The van der Waals surface area contributed by atoms with E-state index in [1.807, 2.05) is 30.3 Å². The van der Waals surface area contributed by atoms with Gasteiger partial charge >= 0.3 is 0 Å². The van der Waals surface area contributed by atoms with Gasteiger partial charge in [0.15, 0.2) is 0 Å². The summed E-state index contributed by atoms with van der Waals surface area (Å²) in [5.74, 6) is -0.336. The SMILES string of the molecule is N#C[C@H](CN=[N+]=[N-])c1ccccc1. The van der Waals surface area contributed by atoms with Gasteiger partial charge in [-0.2, -0.15) is 5.26 Å². The molecule has 0 spiro atoms. The lowest BCUT2D eigenvalue weighted by atomic mass is 10.0. The predicted molar refractivity (Wildman–Crippen MR) is 48.8 cm³/mol. The molecule has 0 saturated heterocycles. The molecular formula is C9H8N4. The second kappa shape index (κ2) is 4.81. The first-order chi connectivity index (χ1) is 6.38. The van der Waals surface area contributed by atoms with E-state index in [0.29, 0.717) is 0 Å². The van der Waals surface area contributed by atoms with Crippen LogP contribution in [-0.4, -0.2) is 6.54 Å². The van der Waals surface area contributed by atoms with E-state index in [1.54, 1.807) is 0 Å². The van der Waals surface area contributed by atoms with E-state index in [9.17, 15) is 0 Å². The molecule has 0 aromatic heterocycles. The zero-order valence-corrected chi connectivity index (χ0v) is 6.96. The topological polar surface area (TPSA) is 72.5 Å². The van der Waals surface area contributed by atoms with E-state index in [4.69, 9.17) is 10.8 Å². The molecule has 0 amide bonds. The molecule has 0 aliphatic heterocycles. The number of azide groups is 1. The molecule has 0 radical (unpaired) electrons. The highest BCUT2D eigenvalue weighted by Gasteiger charge is 2.07. The summed E-state index contributed by atoms with van der Waals surface area (Å²) in [4.78, 5) is 2.62. The summed E-state index contributed by atoms with van der Waals surface area (Å²) in [6.45, 7) is 0.191. The monoisotopic (exact) mass is 172 g/mol. The molecule has 1 aromatic rings. The predicted octanol–water partition coefficient (Wildman–Crippen LogP) is 2.60. The van der Waals surface area contributed by atoms with Crippen molar-refractivity contribution in [2.45, 2.75) is 5.92 Å². The molecule has 4 heteroatoms. The number of rotatable bonds is 3. The lowest BCUT2D eigenvalue weighted by Gasteiger charge is -2.03. The fourth-order valence-electron chi connectivity index (χ4n) is 1.02. The number of hydrogen-bond donors (Lipinski definition) is 0. The van der Waals surface area contributed by atoms with Crippen LogP contribution in [0.1, 0.15) is 11.5 Å². The van der Waals surface area contributed by atoms with E-state index < -0.39 is 0 Å². The largest absolute Gasteiger partial charge is 0.198 e. The molecule has 4 nitrogen and oxygen atoms in total. The van der Waals surface area contributed by atoms with Gasteiger partial charge in [-0.15, -0.1) is 0 Å². The molecule has 0 fully saturated rings. The van der Waals surface area contributed by atoms with Crippen molar-refractivity contribution in [2.75, 3.05) is 6.54 Å². The van der Waals surface area contributed by atoms with Crippen LogP contribution >= 0.6 is 0 Å². The summed E-state index contributed by atoms with van der Waals surface area (Å²) >= 11 is 0. The molecule has 1 rings (SSSR count). The van der Waals surface area contributed by atoms with Crippen LogP contribution in [0.15, 0.2) is 35.4 Å². The quantitative estimate of drug-likeness (QED) is 0.392. The smallest absolute Gasteiger partial charge is 0.0768 e. The zero-order chi connectivity index (χ0) is 9.52. The van der Waals surface area contributed by atoms with Crippen LogP contribution in [0.2, 0.25) is 0 Å². The van der Waals surface area contributed by atoms with Crippen molar-refractivity contribution >= 4 is 0 Å². The molecule has 0 unspecified atom stereocenters. The minimum Gasteiger partial charge on any atom is -0.198 e. The lowest BCUT2D eigenvalue weighted by Crippen LogP contribution is -1.98. The van der Waals surface area contributed by atoms with Crippen molar-refractivity contribution in [3.8, 4) is 6.07 Å². The Balaban J connectivity index is 2.80. The van der Waals surface area contributed by atoms with E-state index in [0.717, 1.165) is 5.56 Å². The number of benzene rings is 1. The fraction of sp³-hybridized carbons (Fsp3) is 0.222. The molecule has 64 valence electrons. The number of hydrogen-bond acceptors (Lipinski definition) is 2. The van der Waals surface area contributed by atoms with E-state index in [-0.39, 0.29) is 12.5 Å². The lowest BCUT2D eigenvalue weighted by molar-refractivity contribution is 0.855. The molecule has 13 heavy (non-hydrogen) atoms. The standard InChI is InChI=1S/C9H8N4/c10-6-9(7-12-13-11)8-4-2-1-3-5-8/h1-5,9H,7H2/t9-/m1/s1. The highest BCUT2D eigenvalue weighted by molar-refractivity contribution is 5.24. The Morgan fingerprint density at radius 1 is 1.46 bits per heavy atom. The second-order valence-corrected chi connectivity index (χ2v) is 2.51. The van der Waals surface area contributed by atoms with Crippen LogP contribution in [0.4, 0.5) is 0 Å². The second-order valence-electron chi connectivity index (χ2n) is 2.51. The Labute approximate surface area is 76.1 Å². The van der Waals surface area contributed by atoms with Gasteiger partial charge in [-0.1, -0.05) is 35.4 Å². The molecule has 0 N–H and O–H groups in total. The Morgan fingerprint density at radius 3 is 2.69 bits per heavy atom. The van der Waals surface area contributed by atoms with Crippen molar-refractivity contribution in [1.82, 2.24) is 0 Å². The Hall–Kier alpha value is -1.98. The van der Waals surface area contributed by atoms with Gasteiger partial charge < -0.3 is 0 Å². The van der Waals surface area contributed by atoms with E-state index in [2.05, 4.69) is 16.1 Å². The highest BCUT2D eigenvalue weighted by Crippen LogP contribution is 2.14.